The van der Waals surface area contributed by atoms with Crippen molar-refractivity contribution in [2.45, 2.75) is 22.1 Å². The molecule has 0 radical (unpaired) electrons. The topological polar surface area (TPSA) is 78.6 Å². The minimum absolute atomic E-state index is 0.196. The molecule has 0 saturated heterocycles. The fourth-order valence-electron chi connectivity index (χ4n) is 3.00. The molecule has 0 bridgehead atoms. The van der Waals surface area contributed by atoms with Crippen LogP contribution in [0.3, 0.4) is 0 Å². The van der Waals surface area contributed by atoms with Gasteiger partial charge in [0.1, 0.15) is 0 Å². The summed E-state index contributed by atoms with van der Waals surface area (Å²) in [4.78, 5) is 0.318. The minimum Gasteiger partial charge on any atom is -0.454 e. The van der Waals surface area contributed by atoms with Crippen LogP contribution in [0.5, 0.6) is 11.5 Å². The second kappa shape index (κ2) is 4.72. The predicted octanol–water partition coefficient (Wildman–Crippen LogP) is 1.68. The largest absolute Gasteiger partial charge is 0.454 e. The van der Waals surface area contributed by atoms with Gasteiger partial charge < -0.3 is 15.2 Å². The summed E-state index contributed by atoms with van der Waals surface area (Å²) in [6, 6.07) is 13.5. The quantitative estimate of drug-likeness (QED) is 0.932. The summed E-state index contributed by atoms with van der Waals surface area (Å²) in [5.74, 6) is 1.12. The molecule has 5 nitrogen and oxygen atoms in total. The first kappa shape index (κ1) is 13.6. The van der Waals surface area contributed by atoms with Crippen molar-refractivity contribution in [2.24, 2.45) is 5.73 Å². The molecule has 3 atom stereocenters. The van der Waals surface area contributed by atoms with E-state index in [2.05, 4.69) is 0 Å². The molecule has 2 aromatic carbocycles. The molecule has 2 N–H and O–H groups in total. The molecule has 1 aliphatic carbocycles. The normalized spacial score (nSPS) is 26.0. The van der Waals surface area contributed by atoms with Crippen molar-refractivity contribution in [3.63, 3.8) is 0 Å². The van der Waals surface area contributed by atoms with Crippen LogP contribution in [-0.4, -0.2) is 26.5 Å². The van der Waals surface area contributed by atoms with Crippen LogP contribution in [0.1, 0.15) is 11.5 Å². The van der Waals surface area contributed by atoms with Gasteiger partial charge in [-0.3, -0.25) is 0 Å². The van der Waals surface area contributed by atoms with Gasteiger partial charge in [-0.15, -0.1) is 0 Å². The second-order valence-electron chi connectivity index (χ2n) is 5.54. The summed E-state index contributed by atoms with van der Waals surface area (Å²) >= 11 is 0. The SMILES string of the molecule is N[C@H]1[C@@H](c2ccc3c(c2)OCO3)[C@@H]1S(=O)(=O)c1ccccc1. The maximum absolute atomic E-state index is 12.7. The number of hydrogen-bond acceptors (Lipinski definition) is 5. The van der Waals surface area contributed by atoms with E-state index in [4.69, 9.17) is 15.2 Å². The Bertz CT molecular complexity index is 819. The first-order valence-corrected chi connectivity index (χ1v) is 8.58. The van der Waals surface area contributed by atoms with E-state index in [9.17, 15) is 8.42 Å². The molecule has 1 saturated carbocycles. The summed E-state index contributed by atoms with van der Waals surface area (Å²) in [5.41, 5.74) is 6.94. The van der Waals surface area contributed by atoms with Crippen LogP contribution in [0.4, 0.5) is 0 Å². The maximum Gasteiger partial charge on any atom is 0.231 e. The highest BCUT2D eigenvalue weighted by Crippen LogP contribution is 2.49. The van der Waals surface area contributed by atoms with E-state index < -0.39 is 21.1 Å². The van der Waals surface area contributed by atoms with E-state index >= 15 is 0 Å². The fraction of sp³-hybridized carbons (Fsp3) is 0.250. The molecule has 1 heterocycles. The molecular formula is C16H15NO4S. The first-order chi connectivity index (χ1) is 10.6. The van der Waals surface area contributed by atoms with E-state index in [1.807, 2.05) is 12.1 Å². The van der Waals surface area contributed by atoms with E-state index in [0.717, 1.165) is 5.56 Å². The Balaban J connectivity index is 1.66. The van der Waals surface area contributed by atoms with Gasteiger partial charge in [0.2, 0.25) is 6.79 Å². The fourth-order valence-corrected chi connectivity index (χ4v) is 5.07. The van der Waals surface area contributed by atoms with Gasteiger partial charge >= 0.3 is 0 Å². The van der Waals surface area contributed by atoms with Gasteiger partial charge in [-0.2, -0.15) is 0 Å². The van der Waals surface area contributed by atoms with E-state index in [1.165, 1.54) is 0 Å². The summed E-state index contributed by atoms with van der Waals surface area (Å²) in [6.07, 6.45) is 0. The Morgan fingerprint density at radius 3 is 2.50 bits per heavy atom. The standard InChI is InChI=1S/C16H15NO4S/c17-15-14(10-6-7-12-13(8-10)21-9-20-12)16(15)22(18,19)11-4-2-1-3-5-11/h1-8,14-16H,9,17H2/t14-,15+,16+/m1/s1. The average Bonchev–Trinajstić information content (AvgIpc) is 3.01. The van der Waals surface area contributed by atoms with Crippen molar-refractivity contribution in [1.29, 1.82) is 0 Å². The van der Waals surface area contributed by atoms with E-state index in [0.29, 0.717) is 16.4 Å². The molecule has 2 aromatic rings. The molecule has 114 valence electrons. The van der Waals surface area contributed by atoms with Gasteiger partial charge in [0.25, 0.3) is 0 Å². The highest BCUT2D eigenvalue weighted by atomic mass is 32.2. The number of sulfone groups is 1. The Hall–Kier alpha value is -2.05. The van der Waals surface area contributed by atoms with E-state index in [-0.39, 0.29) is 12.7 Å². The molecule has 22 heavy (non-hydrogen) atoms. The lowest BCUT2D eigenvalue weighted by atomic mass is 10.1. The number of ether oxygens (including phenoxy) is 2. The van der Waals surface area contributed by atoms with E-state index in [1.54, 1.807) is 36.4 Å². The van der Waals surface area contributed by atoms with Crippen molar-refractivity contribution in [1.82, 2.24) is 0 Å². The minimum atomic E-state index is -3.42. The molecule has 4 rings (SSSR count). The summed E-state index contributed by atoms with van der Waals surface area (Å²) < 4.78 is 36.0. The molecule has 6 heteroatoms. The van der Waals surface area contributed by atoms with Crippen LogP contribution in [0.25, 0.3) is 0 Å². The lowest BCUT2D eigenvalue weighted by molar-refractivity contribution is 0.174. The van der Waals surface area contributed by atoms with Crippen molar-refractivity contribution in [3.8, 4) is 11.5 Å². The van der Waals surface area contributed by atoms with Crippen LogP contribution < -0.4 is 15.2 Å². The Labute approximate surface area is 128 Å². The third-order valence-corrected chi connectivity index (χ3v) is 6.47. The summed E-state index contributed by atoms with van der Waals surface area (Å²) in [6.45, 7) is 0.196. The summed E-state index contributed by atoms with van der Waals surface area (Å²) in [7, 11) is -3.42. The van der Waals surface area contributed by atoms with Crippen LogP contribution in [0.15, 0.2) is 53.4 Å². The van der Waals surface area contributed by atoms with Crippen molar-refractivity contribution in [3.05, 3.63) is 54.1 Å². The number of fused-ring (bicyclic) bond motifs is 1. The molecule has 1 fully saturated rings. The lowest BCUT2D eigenvalue weighted by Crippen LogP contribution is -2.15. The number of nitrogens with two attached hydrogens (primary N) is 1. The van der Waals surface area contributed by atoms with Gasteiger partial charge in [0.05, 0.1) is 10.1 Å². The van der Waals surface area contributed by atoms with Crippen LogP contribution in [-0.2, 0) is 9.84 Å². The number of benzene rings is 2. The number of hydrogen-bond donors (Lipinski definition) is 1. The van der Waals surface area contributed by atoms with Crippen molar-refractivity contribution < 1.29 is 17.9 Å². The van der Waals surface area contributed by atoms with Crippen molar-refractivity contribution >= 4 is 9.84 Å². The third-order valence-electron chi connectivity index (χ3n) is 4.22. The second-order valence-corrected chi connectivity index (χ2v) is 7.64. The predicted molar refractivity (Wildman–Crippen MR) is 80.7 cm³/mol. The molecule has 0 unspecified atom stereocenters. The highest BCUT2D eigenvalue weighted by molar-refractivity contribution is 7.92. The zero-order valence-corrected chi connectivity index (χ0v) is 12.5. The summed E-state index contributed by atoms with van der Waals surface area (Å²) in [5, 5.41) is -0.588. The Kier molecular flexibility index (Phi) is 2.92. The monoisotopic (exact) mass is 317 g/mol. The molecule has 0 spiro atoms. The molecular weight excluding hydrogens is 302 g/mol. The molecule has 0 aromatic heterocycles. The average molecular weight is 317 g/mol. The Morgan fingerprint density at radius 1 is 1.00 bits per heavy atom. The van der Waals surface area contributed by atoms with Gasteiger partial charge in [-0.25, -0.2) is 8.42 Å². The Morgan fingerprint density at radius 2 is 1.73 bits per heavy atom. The first-order valence-electron chi connectivity index (χ1n) is 7.03. The number of rotatable bonds is 3. The molecule has 0 amide bonds. The van der Waals surface area contributed by atoms with Gasteiger partial charge in [0.15, 0.2) is 21.3 Å². The molecule has 1 aliphatic heterocycles. The van der Waals surface area contributed by atoms with Gasteiger partial charge in [-0.1, -0.05) is 24.3 Å². The van der Waals surface area contributed by atoms with Crippen molar-refractivity contribution in [2.75, 3.05) is 6.79 Å². The smallest absolute Gasteiger partial charge is 0.231 e. The van der Waals surface area contributed by atoms with Gasteiger partial charge in [0, 0.05) is 12.0 Å². The zero-order chi connectivity index (χ0) is 15.3. The van der Waals surface area contributed by atoms with Gasteiger partial charge in [-0.05, 0) is 29.8 Å². The zero-order valence-electron chi connectivity index (χ0n) is 11.7. The lowest BCUT2D eigenvalue weighted by Gasteiger charge is -2.04. The third kappa shape index (κ3) is 1.99. The molecule has 2 aliphatic rings. The highest BCUT2D eigenvalue weighted by Gasteiger charge is 2.57. The maximum atomic E-state index is 12.7. The van der Waals surface area contributed by atoms with Crippen LogP contribution in [0.2, 0.25) is 0 Å². The van der Waals surface area contributed by atoms with Crippen LogP contribution >= 0.6 is 0 Å². The van der Waals surface area contributed by atoms with Crippen LogP contribution in [0, 0.1) is 0 Å².